The lowest BCUT2D eigenvalue weighted by atomic mass is 9.49. The Balaban J connectivity index is 1.22. The fraction of sp³-hybridized carbons (Fsp3) is 0.815. The van der Waals surface area contributed by atoms with E-state index in [0.717, 1.165) is 80.5 Å². The predicted octanol–water partition coefficient (Wildman–Crippen LogP) is 5.45. The molecule has 0 radical (unpaired) electrons. The topological polar surface area (TPSA) is 58.1 Å². The number of hydrogen-bond acceptors (Lipinski definition) is 4. The maximum Gasteiger partial charge on any atom is 0.231 e. The van der Waals surface area contributed by atoms with Gasteiger partial charge in [0.15, 0.2) is 0 Å². The first-order valence-corrected chi connectivity index (χ1v) is 13.1. The van der Waals surface area contributed by atoms with E-state index in [1.807, 2.05) is 0 Å². The first-order chi connectivity index (χ1) is 15.2. The molecule has 1 N–H and O–H groups in total. The average molecular weight is 439 g/mol. The molecule has 4 bridgehead atoms. The lowest BCUT2D eigenvalue weighted by molar-refractivity contribution is -0.140. The SMILES string of the molecule is CC(CCN1CCc2c(ncnc2NC(=O)C23CC4CC(CC(C4)C2)C3)C1)CC(C)(C)C. The van der Waals surface area contributed by atoms with Crippen LogP contribution in [0.25, 0.3) is 0 Å². The van der Waals surface area contributed by atoms with Crippen LogP contribution < -0.4 is 5.32 Å². The highest BCUT2D eigenvalue weighted by atomic mass is 16.2. The van der Waals surface area contributed by atoms with Gasteiger partial charge in [-0.05, 0) is 93.4 Å². The van der Waals surface area contributed by atoms with Crippen LogP contribution in [0.2, 0.25) is 0 Å². The highest BCUT2D eigenvalue weighted by molar-refractivity contribution is 5.95. The van der Waals surface area contributed by atoms with Gasteiger partial charge in [0.25, 0.3) is 0 Å². The summed E-state index contributed by atoms with van der Waals surface area (Å²) in [5, 5.41) is 3.31. The number of nitrogens with zero attached hydrogens (tertiary/aromatic N) is 3. The van der Waals surface area contributed by atoms with Crippen molar-refractivity contribution < 1.29 is 4.79 Å². The second-order valence-corrected chi connectivity index (χ2v) is 13.0. The quantitative estimate of drug-likeness (QED) is 0.641. The Hall–Kier alpha value is -1.49. The summed E-state index contributed by atoms with van der Waals surface area (Å²) < 4.78 is 0. The minimum absolute atomic E-state index is 0.128. The van der Waals surface area contributed by atoms with Gasteiger partial charge in [-0.25, -0.2) is 9.97 Å². The van der Waals surface area contributed by atoms with E-state index in [0.29, 0.717) is 5.41 Å². The van der Waals surface area contributed by atoms with Crippen molar-refractivity contribution in [3.05, 3.63) is 17.6 Å². The molecule has 1 aliphatic heterocycles. The summed E-state index contributed by atoms with van der Waals surface area (Å²) in [5.41, 5.74) is 2.54. The number of nitrogens with one attached hydrogen (secondary N) is 1. The van der Waals surface area contributed by atoms with Crippen molar-refractivity contribution in [1.82, 2.24) is 14.9 Å². The molecule has 0 saturated heterocycles. The van der Waals surface area contributed by atoms with Gasteiger partial charge < -0.3 is 5.32 Å². The molecule has 4 saturated carbocycles. The van der Waals surface area contributed by atoms with Gasteiger partial charge in [0.1, 0.15) is 12.1 Å². The Kier molecular flexibility index (Phi) is 5.84. The maximum absolute atomic E-state index is 13.5. The van der Waals surface area contributed by atoms with E-state index in [1.165, 1.54) is 37.7 Å². The standard InChI is InChI=1S/C27H42N4O/c1-18(12-26(2,3)4)5-7-31-8-6-22-23(16-31)28-17-29-24(22)30-25(32)27-13-19-9-20(14-27)11-21(10-19)15-27/h17-21H,5-16H2,1-4H3,(H,28,29,30,32). The Morgan fingerprint density at radius 1 is 1.16 bits per heavy atom. The number of anilines is 1. The van der Waals surface area contributed by atoms with Crippen LogP contribution in [0.5, 0.6) is 0 Å². The van der Waals surface area contributed by atoms with Crippen LogP contribution >= 0.6 is 0 Å². The fourth-order valence-corrected chi connectivity index (χ4v) is 7.89. The summed E-state index contributed by atoms with van der Waals surface area (Å²) in [6, 6.07) is 0. The molecule has 4 aliphatic carbocycles. The molecule has 6 rings (SSSR count). The first kappa shape index (κ1) is 22.3. The van der Waals surface area contributed by atoms with Crippen LogP contribution in [0.3, 0.4) is 0 Å². The Bertz CT molecular complexity index is 822. The van der Waals surface area contributed by atoms with Crippen molar-refractivity contribution >= 4 is 11.7 Å². The van der Waals surface area contributed by atoms with Crippen molar-refractivity contribution in [2.75, 3.05) is 18.4 Å². The zero-order chi connectivity index (χ0) is 22.5. The molecule has 2 heterocycles. The van der Waals surface area contributed by atoms with E-state index in [9.17, 15) is 4.79 Å². The summed E-state index contributed by atoms with van der Waals surface area (Å²) in [6.07, 6.45) is 12.4. The molecular formula is C27H42N4O. The number of hydrogen-bond donors (Lipinski definition) is 1. The molecule has 0 spiro atoms. The van der Waals surface area contributed by atoms with Gasteiger partial charge in [0, 0.05) is 18.7 Å². The molecule has 1 atom stereocenters. The summed E-state index contributed by atoms with van der Waals surface area (Å²) in [4.78, 5) is 25.2. The summed E-state index contributed by atoms with van der Waals surface area (Å²) >= 11 is 0. The molecular weight excluding hydrogens is 396 g/mol. The molecule has 176 valence electrons. The van der Waals surface area contributed by atoms with Gasteiger partial charge in [-0.1, -0.05) is 27.7 Å². The van der Waals surface area contributed by atoms with Crippen LogP contribution in [-0.2, 0) is 17.8 Å². The molecule has 32 heavy (non-hydrogen) atoms. The maximum atomic E-state index is 13.5. The molecule has 5 aliphatic rings. The molecule has 1 unspecified atom stereocenters. The summed E-state index contributed by atoms with van der Waals surface area (Å²) in [5.74, 6) is 4.10. The lowest BCUT2D eigenvalue weighted by Crippen LogP contribution is -2.52. The minimum atomic E-state index is -0.128. The van der Waals surface area contributed by atoms with E-state index in [2.05, 4.69) is 47.9 Å². The molecule has 5 heteroatoms. The van der Waals surface area contributed by atoms with Crippen LogP contribution in [0.1, 0.15) is 90.3 Å². The normalized spacial score (nSPS) is 32.6. The van der Waals surface area contributed by atoms with Gasteiger partial charge in [-0.3, -0.25) is 9.69 Å². The van der Waals surface area contributed by atoms with Gasteiger partial charge in [0.2, 0.25) is 5.91 Å². The van der Waals surface area contributed by atoms with Gasteiger partial charge in [-0.15, -0.1) is 0 Å². The smallest absolute Gasteiger partial charge is 0.231 e. The van der Waals surface area contributed by atoms with Gasteiger partial charge in [0.05, 0.1) is 11.1 Å². The van der Waals surface area contributed by atoms with Crippen molar-refractivity contribution in [1.29, 1.82) is 0 Å². The van der Waals surface area contributed by atoms with E-state index in [4.69, 9.17) is 0 Å². The summed E-state index contributed by atoms with van der Waals surface area (Å²) in [6.45, 7) is 12.4. The highest BCUT2D eigenvalue weighted by Gasteiger charge is 2.54. The molecule has 0 aromatic carbocycles. The molecule has 1 aromatic rings. The second-order valence-electron chi connectivity index (χ2n) is 13.0. The van der Waals surface area contributed by atoms with Crippen molar-refractivity contribution in [2.45, 2.75) is 92.0 Å². The third-order valence-corrected chi connectivity index (χ3v) is 8.74. The van der Waals surface area contributed by atoms with E-state index < -0.39 is 0 Å². The van der Waals surface area contributed by atoms with Crippen LogP contribution in [0, 0.1) is 34.5 Å². The van der Waals surface area contributed by atoms with Gasteiger partial charge in [-0.2, -0.15) is 0 Å². The van der Waals surface area contributed by atoms with Gasteiger partial charge >= 0.3 is 0 Å². The zero-order valence-corrected chi connectivity index (χ0v) is 20.6. The van der Waals surface area contributed by atoms with Crippen molar-refractivity contribution in [2.24, 2.45) is 34.5 Å². The van der Waals surface area contributed by atoms with E-state index in [-0.39, 0.29) is 11.3 Å². The fourth-order valence-electron chi connectivity index (χ4n) is 7.89. The minimum Gasteiger partial charge on any atom is -0.310 e. The Morgan fingerprint density at radius 2 is 1.81 bits per heavy atom. The van der Waals surface area contributed by atoms with Crippen LogP contribution in [-0.4, -0.2) is 33.9 Å². The van der Waals surface area contributed by atoms with E-state index in [1.54, 1.807) is 6.33 Å². The molecule has 5 nitrogen and oxygen atoms in total. The van der Waals surface area contributed by atoms with E-state index >= 15 is 0 Å². The number of amides is 1. The predicted molar refractivity (Wildman–Crippen MR) is 128 cm³/mol. The van der Waals surface area contributed by atoms with Crippen LogP contribution in [0.15, 0.2) is 6.33 Å². The third kappa shape index (κ3) is 4.60. The third-order valence-electron chi connectivity index (χ3n) is 8.74. The Labute approximate surface area is 194 Å². The molecule has 1 aromatic heterocycles. The Morgan fingerprint density at radius 3 is 2.44 bits per heavy atom. The largest absolute Gasteiger partial charge is 0.310 e. The average Bonchev–Trinajstić information content (AvgIpc) is 2.70. The zero-order valence-electron chi connectivity index (χ0n) is 20.6. The number of aromatic nitrogens is 2. The first-order valence-electron chi connectivity index (χ1n) is 13.1. The monoisotopic (exact) mass is 438 g/mol. The lowest BCUT2D eigenvalue weighted by Gasteiger charge is -2.55. The van der Waals surface area contributed by atoms with Crippen LogP contribution in [0.4, 0.5) is 5.82 Å². The highest BCUT2D eigenvalue weighted by Crippen LogP contribution is 2.60. The number of fused-ring (bicyclic) bond motifs is 1. The molecule has 4 fully saturated rings. The van der Waals surface area contributed by atoms with Crippen molar-refractivity contribution in [3.63, 3.8) is 0 Å². The second kappa shape index (κ2) is 8.38. The molecule has 1 amide bonds. The van der Waals surface area contributed by atoms with Crippen molar-refractivity contribution in [3.8, 4) is 0 Å². The number of rotatable bonds is 6. The summed E-state index contributed by atoms with van der Waals surface area (Å²) in [7, 11) is 0. The number of carbonyl (C=O) groups excluding carboxylic acids is 1. The number of carbonyl (C=O) groups is 1.